The van der Waals surface area contributed by atoms with E-state index in [1.807, 2.05) is 6.92 Å². The van der Waals surface area contributed by atoms with Crippen LogP contribution in [0.1, 0.15) is 76.7 Å². The van der Waals surface area contributed by atoms with Crippen molar-refractivity contribution in [2.45, 2.75) is 83.1 Å². The number of nitrogens with one attached hydrogen (secondary N) is 1. The second-order valence-corrected chi connectivity index (χ2v) is 11.4. The molecule has 10 nitrogen and oxygen atoms in total. The molecule has 37 heavy (non-hydrogen) atoms. The van der Waals surface area contributed by atoms with Crippen LogP contribution in [0.4, 0.5) is 0 Å². The fraction of sp³-hybridized carbons (Fsp3) is 0.577. The maximum Gasteiger partial charge on any atom is 0.277 e. The number of piperidine rings is 1. The number of aromatic nitrogens is 4. The van der Waals surface area contributed by atoms with E-state index in [1.165, 1.54) is 16.4 Å². The standard InChI is InChI=1S/C26H37N5O5S/c1-5-18(6-2)25-27-17(4)23-26(33)28-24(29-31(23)25)21-16-20(11-12-22(21)36-7-3)37(34,35)30-14-9-8-10-19(30)13-15-32/h11-12,16,18-19,32H,5-10,13-15H2,1-4H3,(H,28,29,33). The molecule has 1 aliphatic heterocycles. The van der Waals surface area contributed by atoms with Crippen LogP contribution < -0.4 is 10.3 Å². The predicted octanol–water partition coefficient (Wildman–Crippen LogP) is 3.62. The zero-order chi connectivity index (χ0) is 26.7. The summed E-state index contributed by atoms with van der Waals surface area (Å²) in [5.41, 5.74) is 1.03. The summed E-state index contributed by atoms with van der Waals surface area (Å²) >= 11 is 0. The van der Waals surface area contributed by atoms with Gasteiger partial charge in [-0.25, -0.2) is 17.9 Å². The van der Waals surface area contributed by atoms with E-state index >= 15 is 0 Å². The average molecular weight is 532 g/mol. The predicted molar refractivity (Wildman–Crippen MR) is 142 cm³/mol. The summed E-state index contributed by atoms with van der Waals surface area (Å²) in [6.07, 6.45) is 4.51. The fourth-order valence-corrected chi connectivity index (χ4v) is 6.98. The molecule has 1 atom stereocenters. The van der Waals surface area contributed by atoms with Gasteiger partial charge in [0.1, 0.15) is 11.6 Å². The number of imidazole rings is 1. The Labute approximate surface area is 217 Å². The maximum absolute atomic E-state index is 13.7. The zero-order valence-electron chi connectivity index (χ0n) is 22.0. The van der Waals surface area contributed by atoms with Crippen molar-refractivity contribution in [1.29, 1.82) is 0 Å². The molecule has 0 amide bonds. The number of sulfonamides is 1. The molecular weight excluding hydrogens is 494 g/mol. The summed E-state index contributed by atoms with van der Waals surface area (Å²) in [5, 5.41) is 14.2. The SMILES string of the molecule is CCOc1ccc(S(=O)(=O)N2CCCCC2CCO)cc1-c1nn2c(C(CC)CC)nc(C)c2c(=O)[nH]1. The smallest absolute Gasteiger partial charge is 0.277 e. The van der Waals surface area contributed by atoms with Crippen LogP contribution >= 0.6 is 0 Å². The van der Waals surface area contributed by atoms with Crippen molar-refractivity contribution in [3.63, 3.8) is 0 Å². The third kappa shape index (κ3) is 5.17. The second-order valence-electron chi connectivity index (χ2n) is 9.50. The molecular formula is C26H37N5O5S. The van der Waals surface area contributed by atoms with Crippen molar-refractivity contribution in [2.75, 3.05) is 19.8 Å². The number of fused-ring (bicyclic) bond motifs is 1. The Kier molecular flexibility index (Phi) is 8.35. The second kappa shape index (κ2) is 11.3. The van der Waals surface area contributed by atoms with Crippen LogP contribution in [0.2, 0.25) is 0 Å². The van der Waals surface area contributed by atoms with Crippen LogP contribution in [0, 0.1) is 6.92 Å². The Morgan fingerprint density at radius 2 is 1.97 bits per heavy atom. The van der Waals surface area contributed by atoms with Crippen LogP contribution in [-0.2, 0) is 10.0 Å². The molecule has 0 bridgehead atoms. The molecule has 1 aromatic carbocycles. The first-order chi connectivity index (χ1) is 17.8. The van der Waals surface area contributed by atoms with Crippen molar-refractivity contribution in [2.24, 2.45) is 0 Å². The molecule has 202 valence electrons. The Morgan fingerprint density at radius 3 is 2.65 bits per heavy atom. The highest BCUT2D eigenvalue weighted by atomic mass is 32.2. The van der Waals surface area contributed by atoms with Crippen LogP contribution in [-0.4, -0.2) is 63.2 Å². The van der Waals surface area contributed by atoms with Crippen molar-refractivity contribution in [1.82, 2.24) is 23.9 Å². The molecule has 0 saturated carbocycles. The van der Waals surface area contributed by atoms with Crippen LogP contribution in [0.25, 0.3) is 16.9 Å². The number of aliphatic hydroxyl groups is 1. The van der Waals surface area contributed by atoms with E-state index in [-0.39, 0.29) is 34.8 Å². The average Bonchev–Trinajstić information content (AvgIpc) is 3.22. The largest absolute Gasteiger partial charge is 0.493 e. The molecule has 1 aliphatic rings. The van der Waals surface area contributed by atoms with Crippen molar-refractivity contribution in [3.05, 3.63) is 40.1 Å². The van der Waals surface area contributed by atoms with Crippen molar-refractivity contribution < 1.29 is 18.3 Å². The quantitative estimate of drug-likeness (QED) is 0.409. The summed E-state index contributed by atoms with van der Waals surface area (Å²) in [4.78, 5) is 20.8. The summed E-state index contributed by atoms with van der Waals surface area (Å²) < 4.78 is 36.4. The third-order valence-electron chi connectivity index (χ3n) is 7.20. The lowest BCUT2D eigenvalue weighted by molar-refractivity contribution is 0.192. The highest BCUT2D eigenvalue weighted by Crippen LogP contribution is 2.34. The Hall–Kier alpha value is -2.76. The number of nitrogens with zero attached hydrogens (tertiary/aromatic N) is 4. The summed E-state index contributed by atoms with van der Waals surface area (Å²) in [6, 6.07) is 4.42. The van der Waals surface area contributed by atoms with Gasteiger partial charge < -0.3 is 14.8 Å². The number of benzene rings is 1. The molecule has 1 unspecified atom stereocenters. The molecule has 1 fully saturated rings. The maximum atomic E-state index is 13.7. The molecule has 4 rings (SSSR count). The molecule has 1 saturated heterocycles. The summed E-state index contributed by atoms with van der Waals surface area (Å²) in [5.74, 6) is 1.49. The van der Waals surface area contributed by atoms with Crippen molar-refractivity contribution in [3.8, 4) is 17.1 Å². The number of aliphatic hydroxyl groups excluding tert-OH is 1. The van der Waals surface area contributed by atoms with Gasteiger partial charge in [0.25, 0.3) is 5.56 Å². The van der Waals surface area contributed by atoms with Crippen LogP contribution in [0.3, 0.4) is 0 Å². The van der Waals surface area contributed by atoms with Gasteiger partial charge >= 0.3 is 0 Å². The van der Waals surface area contributed by atoms with E-state index in [9.17, 15) is 18.3 Å². The fourth-order valence-electron chi connectivity index (χ4n) is 5.23. The van der Waals surface area contributed by atoms with E-state index in [2.05, 4.69) is 23.8 Å². The van der Waals surface area contributed by atoms with Crippen molar-refractivity contribution >= 4 is 15.5 Å². The molecule has 3 aromatic rings. The number of rotatable bonds is 10. The molecule has 2 aromatic heterocycles. The Morgan fingerprint density at radius 1 is 1.22 bits per heavy atom. The monoisotopic (exact) mass is 531 g/mol. The topological polar surface area (TPSA) is 130 Å². The summed E-state index contributed by atoms with van der Waals surface area (Å²) in [7, 11) is -3.85. The number of ether oxygens (including phenoxy) is 1. The first-order valence-corrected chi connectivity index (χ1v) is 14.6. The number of aromatic amines is 1. The van der Waals surface area contributed by atoms with Gasteiger partial charge in [0.05, 0.1) is 22.8 Å². The third-order valence-corrected chi connectivity index (χ3v) is 9.15. The van der Waals surface area contributed by atoms with Gasteiger partial charge in [0.2, 0.25) is 10.0 Å². The van der Waals surface area contributed by atoms with Crippen LogP contribution in [0.5, 0.6) is 5.75 Å². The molecule has 2 N–H and O–H groups in total. The summed E-state index contributed by atoms with van der Waals surface area (Å²) in [6.45, 7) is 8.47. The van der Waals surface area contributed by atoms with E-state index in [4.69, 9.17) is 9.84 Å². The lowest BCUT2D eigenvalue weighted by Crippen LogP contribution is -2.44. The highest BCUT2D eigenvalue weighted by Gasteiger charge is 2.34. The van der Waals surface area contributed by atoms with Gasteiger partial charge in [0, 0.05) is 25.1 Å². The van der Waals surface area contributed by atoms with Gasteiger partial charge in [-0.1, -0.05) is 20.3 Å². The lowest BCUT2D eigenvalue weighted by atomic mass is 10.0. The molecule has 3 heterocycles. The molecule has 0 aliphatic carbocycles. The number of hydrogen-bond donors (Lipinski definition) is 2. The van der Waals surface area contributed by atoms with Gasteiger partial charge in [0.15, 0.2) is 11.3 Å². The van der Waals surface area contributed by atoms with Gasteiger partial charge in [-0.3, -0.25) is 4.79 Å². The highest BCUT2D eigenvalue weighted by molar-refractivity contribution is 7.89. The minimum absolute atomic E-state index is 0.0699. The van der Waals surface area contributed by atoms with Gasteiger partial charge in [-0.05, 0) is 64.2 Å². The molecule has 0 spiro atoms. The first kappa shape index (κ1) is 27.3. The number of hydrogen-bond acceptors (Lipinski definition) is 7. The molecule has 11 heteroatoms. The zero-order valence-corrected chi connectivity index (χ0v) is 22.8. The first-order valence-electron chi connectivity index (χ1n) is 13.2. The number of H-pyrrole nitrogens is 1. The van der Waals surface area contributed by atoms with Crippen LogP contribution in [0.15, 0.2) is 27.9 Å². The normalized spacial score (nSPS) is 17.1. The van der Waals surface area contributed by atoms with E-state index in [0.29, 0.717) is 54.3 Å². The van der Waals surface area contributed by atoms with E-state index in [0.717, 1.165) is 25.7 Å². The lowest BCUT2D eigenvalue weighted by Gasteiger charge is -2.34. The molecule has 0 radical (unpaired) electrons. The minimum Gasteiger partial charge on any atom is -0.493 e. The minimum atomic E-state index is -3.85. The number of aryl methyl sites for hydroxylation is 1. The van der Waals surface area contributed by atoms with Gasteiger partial charge in [-0.15, -0.1) is 5.10 Å². The van der Waals surface area contributed by atoms with E-state index in [1.54, 1.807) is 17.5 Å². The van der Waals surface area contributed by atoms with Gasteiger partial charge in [-0.2, -0.15) is 4.31 Å². The Bertz CT molecular complexity index is 1410. The van der Waals surface area contributed by atoms with E-state index < -0.39 is 10.0 Å². The Balaban J connectivity index is 1.88.